The number of aryl methyl sites for hydroxylation is 1. The quantitative estimate of drug-likeness (QED) is 0.789. The van der Waals surface area contributed by atoms with Crippen LogP contribution in [0.5, 0.6) is 0 Å². The van der Waals surface area contributed by atoms with E-state index in [-0.39, 0.29) is 11.8 Å². The van der Waals surface area contributed by atoms with E-state index in [1.807, 2.05) is 13.8 Å². The van der Waals surface area contributed by atoms with Crippen molar-refractivity contribution in [3.05, 3.63) is 11.8 Å². The molecule has 0 fully saturated rings. The Hall–Kier alpha value is -1.37. The molecule has 0 saturated carbocycles. The molecule has 19 heavy (non-hydrogen) atoms. The van der Waals surface area contributed by atoms with Gasteiger partial charge in [-0.25, -0.2) is 13.4 Å². The lowest BCUT2D eigenvalue weighted by atomic mass is 10.3. The van der Waals surface area contributed by atoms with Gasteiger partial charge in [-0.15, -0.1) is 0 Å². The van der Waals surface area contributed by atoms with Gasteiger partial charge in [-0.2, -0.15) is 4.98 Å². The Kier molecular flexibility index (Phi) is 5.53. The highest BCUT2D eigenvalue weighted by atomic mass is 32.2. The number of rotatable bonds is 7. The van der Waals surface area contributed by atoms with E-state index in [4.69, 9.17) is 0 Å². The number of nitrogens with zero attached hydrogens (tertiary/aromatic N) is 2. The van der Waals surface area contributed by atoms with E-state index in [1.54, 1.807) is 6.07 Å². The van der Waals surface area contributed by atoms with E-state index >= 15 is 0 Å². The van der Waals surface area contributed by atoms with Gasteiger partial charge in [0.25, 0.3) is 0 Å². The summed E-state index contributed by atoms with van der Waals surface area (Å²) in [6.07, 6.45) is 2.22. The number of anilines is 2. The summed E-state index contributed by atoms with van der Waals surface area (Å²) in [5.41, 5.74) is 0.836. The Morgan fingerprint density at radius 1 is 1.37 bits per heavy atom. The van der Waals surface area contributed by atoms with Gasteiger partial charge < -0.3 is 10.6 Å². The lowest BCUT2D eigenvalue weighted by Gasteiger charge is -2.14. The van der Waals surface area contributed by atoms with Crippen molar-refractivity contribution in [1.82, 2.24) is 9.97 Å². The van der Waals surface area contributed by atoms with Crippen LogP contribution in [0.2, 0.25) is 0 Å². The Bertz CT molecular complexity index is 516. The maximum atomic E-state index is 11.2. The lowest BCUT2D eigenvalue weighted by molar-refractivity contribution is 0.598. The SMILES string of the molecule is CCCNc1nc(C)cc(NC(C)CS(C)(=O)=O)n1. The lowest BCUT2D eigenvalue weighted by Crippen LogP contribution is -2.25. The molecule has 1 aromatic heterocycles. The van der Waals surface area contributed by atoms with Crippen LogP contribution in [0, 0.1) is 6.92 Å². The molecule has 0 radical (unpaired) electrons. The first-order valence-corrected chi connectivity index (χ1v) is 8.40. The van der Waals surface area contributed by atoms with Crippen molar-refractivity contribution in [1.29, 1.82) is 0 Å². The van der Waals surface area contributed by atoms with Crippen molar-refractivity contribution >= 4 is 21.6 Å². The normalized spacial score (nSPS) is 13.1. The standard InChI is InChI=1S/C12H22N4O2S/c1-5-6-13-12-15-9(2)7-11(16-12)14-10(3)8-19(4,17)18/h7,10H,5-6,8H2,1-4H3,(H2,13,14,15,16). The molecule has 2 N–H and O–H groups in total. The summed E-state index contributed by atoms with van der Waals surface area (Å²) in [6.45, 7) is 6.57. The Balaban J connectivity index is 2.74. The molecule has 0 spiro atoms. The first-order chi connectivity index (χ1) is 8.80. The zero-order valence-electron chi connectivity index (χ0n) is 11.9. The first kappa shape index (κ1) is 15.7. The van der Waals surface area contributed by atoms with E-state index in [0.29, 0.717) is 11.8 Å². The summed E-state index contributed by atoms with van der Waals surface area (Å²) in [5.74, 6) is 1.28. The monoisotopic (exact) mass is 286 g/mol. The smallest absolute Gasteiger partial charge is 0.224 e. The summed E-state index contributed by atoms with van der Waals surface area (Å²) >= 11 is 0. The van der Waals surface area contributed by atoms with Crippen LogP contribution in [0.25, 0.3) is 0 Å². The van der Waals surface area contributed by atoms with Crippen molar-refractivity contribution in [2.45, 2.75) is 33.2 Å². The van der Waals surface area contributed by atoms with Gasteiger partial charge in [-0.05, 0) is 20.3 Å². The molecule has 0 saturated heterocycles. The largest absolute Gasteiger partial charge is 0.366 e. The molecule has 1 heterocycles. The predicted molar refractivity (Wildman–Crippen MR) is 78.3 cm³/mol. The summed E-state index contributed by atoms with van der Waals surface area (Å²) in [7, 11) is -3.00. The van der Waals surface area contributed by atoms with Crippen LogP contribution in [-0.4, -0.2) is 43.0 Å². The van der Waals surface area contributed by atoms with Crippen molar-refractivity contribution in [2.75, 3.05) is 29.2 Å². The Morgan fingerprint density at radius 2 is 2.05 bits per heavy atom. The molecule has 0 aliphatic heterocycles. The minimum Gasteiger partial charge on any atom is -0.366 e. The minimum absolute atomic E-state index is 0.0772. The number of nitrogens with one attached hydrogen (secondary N) is 2. The van der Waals surface area contributed by atoms with Gasteiger partial charge in [-0.3, -0.25) is 0 Å². The van der Waals surface area contributed by atoms with Gasteiger partial charge in [0.05, 0.1) is 5.75 Å². The van der Waals surface area contributed by atoms with Gasteiger partial charge in [-0.1, -0.05) is 6.92 Å². The fourth-order valence-electron chi connectivity index (χ4n) is 1.71. The topological polar surface area (TPSA) is 84.0 Å². The second-order valence-corrected chi connectivity index (χ2v) is 6.97. The van der Waals surface area contributed by atoms with E-state index in [2.05, 4.69) is 27.5 Å². The molecule has 1 atom stereocenters. The fraction of sp³-hybridized carbons (Fsp3) is 0.667. The van der Waals surface area contributed by atoms with Crippen LogP contribution in [0.3, 0.4) is 0 Å². The van der Waals surface area contributed by atoms with Crippen molar-refractivity contribution in [3.8, 4) is 0 Å². The summed E-state index contributed by atoms with van der Waals surface area (Å²) < 4.78 is 22.4. The average Bonchev–Trinajstić information content (AvgIpc) is 2.22. The highest BCUT2D eigenvalue weighted by Gasteiger charge is 2.11. The molecule has 0 aliphatic rings. The Labute approximate surface area is 115 Å². The van der Waals surface area contributed by atoms with Crippen LogP contribution in [-0.2, 0) is 9.84 Å². The third-order valence-electron chi connectivity index (χ3n) is 2.33. The van der Waals surface area contributed by atoms with Crippen LogP contribution in [0.1, 0.15) is 26.0 Å². The van der Waals surface area contributed by atoms with Gasteiger partial charge in [0.2, 0.25) is 5.95 Å². The van der Waals surface area contributed by atoms with Crippen LogP contribution < -0.4 is 10.6 Å². The third-order valence-corrected chi connectivity index (χ3v) is 3.44. The summed E-state index contributed by atoms with van der Waals surface area (Å²) in [6, 6.07) is 1.61. The maximum Gasteiger partial charge on any atom is 0.224 e. The second kappa shape index (κ2) is 6.70. The molecule has 0 bridgehead atoms. The minimum atomic E-state index is -3.00. The van der Waals surface area contributed by atoms with Gasteiger partial charge in [0.1, 0.15) is 15.7 Å². The maximum absolute atomic E-state index is 11.2. The highest BCUT2D eigenvalue weighted by molar-refractivity contribution is 7.90. The molecule has 6 nitrogen and oxygen atoms in total. The molecular weight excluding hydrogens is 264 g/mol. The van der Waals surface area contributed by atoms with E-state index in [9.17, 15) is 8.42 Å². The molecular formula is C12H22N4O2S. The number of sulfone groups is 1. The zero-order valence-corrected chi connectivity index (χ0v) is 12.7. The molecule has 1 aromatic rings. The van der Waals surface area contributed by atoms with Crippen LogP contribution >= 0.6 is 0 Å². The molecule has 108 valence electrons. The average molecular weight is 286 g/mol. The van der Waals surface area contributed by atoms with Crippen LogP contribution in [0.4, 0.5) is 11.8 Å². The van der Waals surface area contributed by atoms with Crippen molar-refractivity contribution < 1.29 is 8.42 Å². The molecule has 0 aromatic carbocycles. The molecule has 1 rings (SSSR count). The molecule has 0 aliphatic carbocycles. The van der Waals surface area contributed by atoms with E-state index in [0.717, 1.165) is 18.7 Å². The predicted octanol–water partition coefficient (Wildman–Crippen LogP) is 1.45. The van der Waals surface area contributed by atoms with Crippen molar-refractivity contribution in [2.24, 2.45) is 0 Å². The number of hydrogen-bond acceptors (Lipinski definition) is 6. The zero-order chi connectivity index (χ0) is 14.5. The number of aromatic nitrogens is 2. The van der Waals surface area contributed by atoms with E-state index < -0.39 is 9.84 Å². The number of hydrogen-bond donors (Lipinski definition) is 2. The van der Waals surface area contributed by atoms with Gasteiger partial charge in [0.15, 0.2) is 0 Å². The van der Waals surface area contributed by atoms with Gasteiger partial charge in [0, 0.05) is 30.6 Å². The fourth-order valence-corrected chi connectivity index (χ4v) is 2.70. The molecule has 7 heteroatoms. The Morgan fingerprint density at radius 3 is 2.63 bits per heavy atom. The molecule has 0 amide bonds. The third kappa shape index (κ3) is 6.37. The first-order valence-electron chi connectivity index (χ1n) is 6.34. The summed E-state index contributed by atoms with van der Waals surface area (Å²) in [5, 5.41) is 6.20. The van der Waals surface area contributed by atoms with E-state index in [1.165, 1.54) is 6.26 Å². The van der Waals surface area contributed by atoms with Crippen LogP contribution in [0.15, 0.2) is 6.07 Å². The highest BCUT2D eigenvalue weighted by Crippen LogP contribution is 2.11. The second-order valence-electron chi connectivity index (χ2n) is 4.78. The molecule has 1 unspecified atom stereocenters. The summed E-state index contributed by atoms with van der Waals surface area (Å²) in [4.78, 5) is 8.59. The van der Waals surface area contributed by atoms with Crippen molar-refractivity contribution in [3.63, 3.8) is 0 Å². The van der Waals surface area contributed by atoms with Gasteiger partial charge >= 0.3 is 0 Å².